The van der Waals surface area contributed by atoms with Crippen LogP contribution in [-0.4, -0.2) is 72.0 Å². The third-order valence-electron chi connectivity index (χ3n) is 5.36. The smallest absolute Gasteiger partial charge is 0.319 e. The highest BCUT2D eigenvalue weighted by Gasteiger charge is 2.29. The third-order valence-corrected chi connectivity index (χ3v) is 5.36. The number of aromatic nitrogens is 2. The molecule has 1 aromatic heterocycles. The molecule has 1 aromatic carbocycles. The lowest BCUT2D eigenvalue weighted by Gasteiger charge is -2.35. The number of nitrogens with zero attached hydrogens (tertiary/aromatic N) is 4. The molecular formula is C21H28N6O3. The largest absolute Gasteiger partial charge is 0.395 e. The van der Waals surface area contributed by atoms with Crippen molar-refractivity contribution in [2.75, 3.05) is 50.2 Å². The van der Waals surface area contributed by atoms with Gasteiger partial charge in [0, 0.05) is 43.0 Å². The first-order valence-electron chi connectivity index (χ1n) is 10.2. The fourth-order valence-electron chi connectivity index (χ4n) is 3.85. The van der Waals surface area contributed by atoms with Crippen LogP contribution in [0, 0.1) is 0 Å². The molecule has 3 N–H and O–H groups in total. The lowest BCUT2D eigenvalue weighted by molar-refractivity contribution is 0.0984. The molecule has 2 aliphatic rings. The SMILES string of the molecule is C[C@H]1COCCN1c1nc(-c2ccc(NC(=O)NCCO)cc2)nc2c1CN(C)C2. The Morgan fingerprint density at radius 2 is 2.07 bits per heavy atom. The van der Waals surface area contributed by atoms with Gasteiger partial charge in [-0.2, -0.15) is 0 Å². The average molecular weight is 412 g/mol. The van der Waals surface area contributed by atoms with Crippen molar-refractivity contribution in [1.82, 2.24) is 20.2 Å². The maximum absolute atomic E-state index is 11.8. The third kappa shape index (κ3) is 4.38. The number of rotatable bonds is 5. The van der Waals surface area contributed by atoms with Crippen LogP contribution in [0.3, 0.4) is 0 Å². The number of benzene rings is 1. The lowest BCUT2D eigenvalue weighted by Crippen LogP contribution is -2.44. The molecule has 3 heterocycles. The van der Waals surface area contributed by atoms with E-state index >= 15 is 0 Å². The van der Waals surface area contributed by atoms with Gasteiger partial charge < -0.3 is 25.4 Å². The molecule has 2 aliphatic heterocycles. The first-order valence-corrected chi connectivity index (χ1v) is 10.2. The summed E-state index contributed by atoms with van der Waals surface area (Å²) in [6.45, 7) is 6.15. The van der Waals surface area contributed by atoms with Crippen LogP contribution in [0.2, 0.25) is 0 Å². The summed E-state index contributed by atoms with van der Waals surface area (Å²) in [7, 11) is 2.09. The molecule has 2 aromatic rings. The van der Waals surface area contributed by atoms with Gasteiger partial charge in [0.2, 0.25) is 0 Å². The van der Waals surface area contributed by atoms with Gasteiger partial charge in [-0.25, -0.2) is 14.8 Å². The topological polar surface area (TPSA) is 103 Å². The summed E-state index contributed by atoms with van der Waals surface area (Å²) < 4.78 is 5.61. The number of anilines is 2. The van der Waals surface area contributed by atoms with Gasteiger partial charge in [-0.15, -0.1) is 0 Å². The summed E-state index contributed by atoms with van der Waals surface area (Å²) >= 11 is 0. The second kappa shape index (κ2) is 8.95. The Balaban J connectivity index is 1.61. The van der Waals surface area contributed by atoms with E-state index in [1.165, 1.54) is 5.56 Å². The van der Waals surface area contributed by atoms with Gasteiger partial charge in [0.05, 0.1) is 31.6 Å². The fourth-order valence-corrected chi connectivity index (χ4v) is 3.85. The Hall–Kier alpha value is -2.75. The van der Waals surface area contributed by atoms with Crippen LogP contribution in [0.15, 0.2) is 24.3 Å². The maximum atomic E-state index is 11.8. The minimum Gasteiger partial charge on any atom is -0.395 e. The van der Waals surface area contributed by atoms with E-state index in [1.54, 1.807) is 0 Å². The van der Waals surface area contributed by atoms with Crippen LogP contribution < -0.4 is 15.5 Å². The van der Waals surface area contributed by atoms with Crippen molar-refractivity contribution in [3.8, 4) is 11.4 Å². The molecule has 0 radical (unpaired) electrons. The quantitative estimate of drug-likeness (QED) is 0.683. The van der Waals surface area contributed by atoms with Gasteiger partial charge in [-0.05, 0) is 38.2 Å². The van der Waals surface area contributed by atoms with Crippen LogP contribution in [-0.2, 0) is 17.8 Å². The highest BCUT2D eigenvalue weighted by Crippen LogP contribution is 2.32. The molecular weight excluding hydrogens is 384 g/mol. The molecule has 1 fully saturated rings. The van der Waals surface area contributed by atoms with Crippen molar-refractivity contribution in [3.63, 3.8) is 0 Å². The number of amides is 2. The fraction of sp³-hybridized carbons (Fsp3) is 0.476. The molecule has 0 spiro atoms. The molecule has 0 saturated carbocycles. The lowest BCUT2D eigenvalue weighted by atomic mass is 10.1. The van der Waals surface area contributed by atoms with E-state index in [1.807, 2.05) is 24.3 Å². The van der Waals surface area contributed by atoms with Gasteiger partial charge in [0.25, 0.3) is 0 Å². The molecule has 9 heteroatoms. The summed E-state index contributed by atoms with van der Waals surface area (Å²) in [6.07, 6.45) is 0. The molecule has 30 heavy (non-hydrogen) atoms. The molecule has 9 nitrogen and oxygen atoms in total. The van der Waals surface area contributed by atoms with E-state index in [0.717, 1.165) is 36.7 Å². The van der Waals surface area contributed by atoms with Crippen LogP contribution in [0.25, 0.3) is 11.4 Å². The van der Waals surface area contributed by atoms with Crippen LogP contribution in [0.4, 0.5) is 16.3 Å². The van der Waals surface area contributed by atoms with Gasteiger partial charge in [0.1, 0.15) is 5.82 Å². The van der Waals surface area contributed by atoms with Crippen LogP contribution >= 0.6 is 0 Å². The summed E-state index contributed by atoms with van der Waals surface area (Å²) in [5.74, 6) is 1.69. The van der Waals surface area contributed by atoms with Crippen molar-refractivity contribution >= 4 is 17.5 Å². The Labute approximate surface area is 176 Å². The van der Waals surface area contributed by atoms with Gasteiger partial charge >= 0.3 is 6.03 Å². The van der Waals surface area contributed by atoms with Crippen molar-refractivity contribution in [1.29, 1.82) is 0 Å². The number of urea groups is 1. The zero-order valence-corrected chi connectivity index (χ0v) is 17.4. The van der Waals surface area contributed by atoms with E-state index in [-0.39, 0.29) is 25.2 Å². The second-order valence-corrected chi connectivity index (χ2v) is 7.77. The first kappa shape index (κ1) is 20.5. The van der Waals surface area contributed by atoms with Crippen LogP contribution in [0.5, 0.6) is 0 Å². The Kier molecular flexibility index (Phi) is 6.12. The number of aliphatic hydroxyl groups is 1. The summed E-state index contributed by atoms with van der Waals surface area (Å²) in [4.78, 5) is 26.1. The molecule has 0 bridgehead atoms. The average Bonchev–Trinajstić information content (AvgIpc) is 3.13. The minimum absolute atomic E-state index is 0.0959. The van der Waals surface area contributed by atoms with E-state index in [0.29, 0.717) is 24.7 Å². The second-order valence-electron chi connectivity index (χ2n) is 7.77. The number of nitrogens with one attached hydrogen (secondary N) is 2. The number of fused-ring (bicyclic) bond motifs is 1. The molecule has 160 valence electrons. The van der Waals surface area contributed by atoms with E-state index in [9.17, 15) is 4.79 Å². The van der Waals surface area contributed by atoms with Gasteiger partial charge in [0.15, 0.2) is 5.82 Å². The monoisotopic (exact) mass is 412 g/mol. The van der Waals surface area contributed by atoms with Crippen LogP contribution in [0.1, 0.15) is 18.2 Å². The van der Waals surface area contributed by atoms with Gasteiger partial charge in [-0.3, -0.25) is 4.90 Å². The van der Waals surface area contributed by atoms with Crippen molar-refractivity contribution in [3.05, 3.63) is 35.5 Å². The van der Waals surface area contributed by atoms with Gasteiger partial charge in [-0.1, -0.05) is 0 Å². The number of carbonyl (C=O) groups is 1. The first-order chi connectivity index (χ1) is 14.5. The van der Waals surface area contributed by atoms with E-state index in [2.05, 4.69) is 34.4 Å². The zero-order chi connectivity index (χ0) is 21.1. The zero-order valence-electron chi connectivity index (χ0n) is 17.4. The summed E-state index contributed by atoms with van der Waals surface area (Å²) in [5.41, 5.74) is 3.84. The molecule has 1 saturated heterocycles. The van der Waals surface area contributed by atoms with Crippen molar-refractivity contribution in [2.45, 2.75) is 26.1 Å². The highest BCUT2D eigenvalue weighted by molar-refractivity contribution is 5.89. The normalized spacial score (nSPS) is 18.9. The molecule has 4 rings (SSSR count). The predicted octanol–water partition coefficient (Wildman–Crippen LogP) is 1.43. The predicted molar refractivity (Wildman–Crippen MR) is 114 cm³/mol. The number of aliphatic hydroxyl groups excluding tert-OH is 1. The Morgan fingerprint density at radius 3 is 2.80 bits per heavy atom. The van der Waals surface area contributed by atoms with E-state index < -0.39 is 0 Å². The Bertz CT molecular complexity index is 904. The number of ether oxygens (including phenoxy) is 1. The minimum atomic E-state index is -0.350. The number of hydrogen-bond acceptors (Lipinski definition) is 7. The van der Waals surface area contributed by atoms with Crippen molar-refractivity contribution in [2.24, 2.45) is 0 Å². The molecule has 0 aliphatic carbocycles. The number of hydrogen-bond donors (Lipinski definition) is 3. The molecule has 1 atom stereocenters. The highest BCUT2D eigenvalue weighted by atomic mass is 16.5. The maximum Gasteiger partial charge on any atom is 0.319 e. The number of morpholine rings is 1. The molecule has 0 unspecified atom stereocenters. The standard InChI is InChI=1S/C21H28N6O3/c1-14-13-30-10-8-27(14)20-17-11-26(2)12-18(17)24-19(25-20)15-3-5-16(6-4-15)23-21(29)22-7-9-28/h3-6,14,28H,7-13H2,1-2H3,(H2,22,23,29)/t14-/m0/s1. The Morgan fingerprint density at radius 1 is 1.27 bits per heavy atom. The van der Waals surface area contributed by atoms with Crippen molar-refractivity contribution < 1.29 is 14.6 Å². The summed E-state index contributed by atoms with van der Waals surface area (Å²) in [5, 5.41) is 14.1. The summed E-state index contributed by atoms with van der Waals surface area (Å²) in [6, 6.07) is 7.39. The molecule has 2 amide bonds. The van der Waals surface area contributed by atoms with E-state index in [4.69, 9.17) is 19.8 Å². The number of carbonyl (C=O) groups excluding carboxylic acids is 1.